The summed E-state index contributed by atoms with van der Waals surface area (Å²) in [4.78, 5) is 34.8. The Bertz CT molecular complexity index is 795. The summed E-state index contributed by atoms with van der Waals surface area (Å²) in [5.41, 5.74) is 1.45. The molecule has 0 spiro atoms. The van der Waals surface area contributed by atoms with Crippen LogP contribution in [0.15, 0.2) is 30.5 Å². The summed E-state index contributed by atoms with van der Waals surface area (Å²) in [5.74, 6) is -1.75. The lowest BCUT2D eigenvalue weighted by molar-refractivity contribution is -0.384. The highest BCUT2D eigenvalue weighted by Gasteiger charge is 2.29. The second-order valence-electron chi connectivity index (χ2n) is 5.41. The molecule has 1 heterocycles. The summed E-state index contributed by atoms with van der Waals surface area (Å²) in [5, 5.41) is 14.9. The summed E-state index contributed by atoms with van der Waals surface area (Å²) >= 11 is 0. The molecule has 0 amide bonds. The Kier molecular flexibility index (Phi) is 5.63. The lowest BCUT2D eigenvalue weighted by atomic mass is 9.96. The molecule has 2 aromatic rings. The Labute approximate surface area is 144 Å². The highest BCUT2D eigenvalue weighted by Crippen LogP contribution is 2.21. The van der Waals surface area contributed by atoms with Crippen LogP contribution in [0.3, 0.4) is 0 Å². The number of ether oxygens (including phenoxy) is 1. The summed E-state index contributed by atoms with van der Waals surface area (Å²) in [6.07, 6.45) is 1.74. The van der Waals surface area contributed by atoms with Crippen LogP contribution in [-0.4, -0.2) is 33.1 Å². The number of hydrogen-bond acceptors (Lipinski definition) is 6. The second kappa shape index (κ2) is 7.69. The van der Waals surface area contributed by atoms with Crippen molar-refractivity contribution in [3.63, 3.8) is 0 Å². The van der Waals surface area contributed by atoms with Crippen LogP contribution < -0.4 is 0 Å². The molecule has 0 unspecified atom stereocenters. The van der Waals surface area contributed by atoms with Crippen molar-refractivity contribution in [3.8, 4) is 5.69 Å². The maximum Gasteiger partial charge on any atom is 0.316 e. The third kappa shape index (κ3) is 3.73. The van der Waals surface area contributed by atoms with Crippen LogP contribution in [0, 0.1) is 23.0 Å². The number of ketones is 1. The summed E-state index contributed by atoms with van der Waals surface area (Å²) < 4.78 is 6.46. The lowest BCUT2D eigenvalue weighted by Gasteiger charge is -2.12. The van der Waals surface area contributed by atoms with Crippen LogP contribution in [-0.2, 0) is 9.53 Å². The van der Waals surface area contributed by atoms with E-state index >= 15 is 0 Å². The Morgan fingerprint density at radius 2 is 1.92 bits per heavy atom. The van der Waals surface area contributed by atoms with E-state index in [9.17, 15) is 19.7 Å². The average molecular weight is 345 g/mol. The first-order chi connectivity index (χ1) is 11.9. The highest BCUT2D eigenvalue weighted by molar-refractivity contribution is 6.09. The lowest BCUT2D eigenvalue weighted by Crippen LogP contribution is -2.26. The van der Waals surface area contributed by atoms with Crippen molar-refractivity contribution in [1.82, 2.24) is 9.78 Å². The molecule has 0 aliphatic rings. The number of nitrogens with zero attached hydrogens (tertiary/aromatic N) is 3. The minimum absolute atomic E-state index is 0.0294. The number of nitro groups is 1. The molecule has 132 valence electrons. The molecule has 0 aliphatic heterocycles. The highest BCUT2D eigenvalue weighted by atomic mass is 16.6. The van der Waals surface area contributed by atoms with Crippen molar-refractivity contribution < 1.29 is 19.2 Å². The van der Waals surface area contributed by atoms with E-state index in [0.717, 1.165) is 0 Å². The van der Waals surface area contributed by atoms with Gasteiger partial charge in [-0.05, 0) is 32.4 Å². The molecular weight excluding hydrogens is 326 g/mol. The first-order valence-electron chi connectivity index (χ1n) is 7.91. The maximum absolute atomic E-state index is 12.7. The van der Waals surface area contributed by atoms with Crippen LogP contribution in [0.1, 0.15) is 36.3 Å². The second-order valence-corrected chi connectivity index (χ2v) is 5.41. The number of nitro benzene ring substituents is 1. The fourth-order valence-corrected chi connectivity index (χ4v) is 2.52. The van der Waals surface area contributed by atoms with Gasteiger partial charge in [0.05, 0.1) is 34.7 Å². The zero-order valence-corrected chi connectivity index (χ0v) is 14.3. The van der Waals surface area contributed by atoms with E-state index in [1.54, 1.807) is 32.9 Å². The topological polar surface area (TPSA) is 104 Å². The van der Waals surface area contributed by atoms with Crippen molar-refractivity contribution in [2.24, 2.45) is 5.92 Å². The molecule has 0 saturated carbocycles. The van der Waals surface area contributed by atoms with E-state index in [0.29, 0.717) is 23.4 Å². The number of Topliss-reactive ketones (excluding diaryl/α,β-unsaturated/α-hetero) is 1. The van der Waals surface area contributed by atoms with Crippen LogP contribution in [0.2, 0.25) is 0 Å². The van der Waals surface area contributed by atoms with Crippen molar-refractivity contribution in [3.05, 3.63) is 51.8 Å². The Hall–Kier alpha value is -3.03. The number of carbonyl (C=O) groups is 2. The van der Waals surface area contributed by atoms with Gasteiger partial charge in [-0.3, -0.25) is 19.7 Å². The molecular formula is C17H19N3O5. The van der Waals surface area contributed by atoms with Crippen LogP contribution >= 0.6 is 0 Å². The van der Waals surface area contributed by atoms with Gasteiger partial charge in [0.25, 0.3) is 5.69 Å². The molecule has 1 aromatic carbocycles. The molecule has 0 radical (unpaired) electrons. The van der Waals surface area contributed by atoms with Gasteiger partial charge in [-0.15, -0.1) is 0 Å². The quantitative estimate of drug-likeness (QED) is 0.251. The van der Waals surface area contributed by atoms with Crippen LogP contribution in [0.5, 0.6) is 0 Å². The van der Waals surface area contributed by atoms with Crippen LogP contribution in [0.4, 0.5) is 5.69 Å². The molecule has 0 aliphatic carbocycles. The number of benzene rings is 1. The molecule has 8 heteroatoms. The molecule has 0 fully saturated rings. The van der Waals surface area contributed by atoms with E-state index in [4.69, 9.17) is 4.74 Å². The van der Waals surface area contributed by atoms with Gasteiger partial charge in [0.15, 0.2) is 5.78 Å². The van der Waals surface area contributed by atoms with E-state index in [1.165, 1.54) is 23.0 Å². The molecule has 1 atom stereocenters. The van der Waals surface area contributed by atoms with Crippen molar-refractivity contribution in [2.75, 3.05) is 6.61 Å². The summed E-state index contributed by atoms with van der Waals surface area (Å²) in [7, 11) is 0. The fraction of sp³-hybridized carbons (Fsp3) is 0.353. The standard InChI is InChI=1S/C17H19N3O5/c1-4-14(17(22)25-5-2)16(21)15-10-18-19(11(15)3)12-6-8-13(9-7-12)20(23)24/h6-10,14H,4-5H2,1-3H3/t14-/m1/s1. The van der Waals surface area contributed by atoms with Crippen molar-refractivity contribution in [2.45, 2.75) is 27.2 Å². The average Bonchev–Trinajstić information content (AvgIpc) is 2.97. The largest absolute Gasteiger partial charge is 0.465 e. The normalized spacial score (nSPS) is 11.8. The molecule has 25 heavy (non-hydrogen) atoms. The Morgan fingerprint density at radius 1 is 1.28 bits per heavy atom. The number of esters is 1. The smallest absolute Gasteiger partial charge is 0.316 e. The first kappa shape index (κ1) is 18.3. The fourth-order valence-electron chi connectivity index (χ4n) is 2.52. The summed E-state index contributed by atoms with van der Waals surface area (Å²) in [6, 6.07) is 5.83. The SMILES string of the molecule is CCOC(=O)[C@H](CC)C(=O)c1cnn(-c2ccc([N+](=O)[O-])cc2)c1C. The molecule has 0 bridgehead atoms. The number of aromatic nitrogens is 2. The van der Waals surface area contributed by atoms with Gasteiger partial charge in [-0.25, -0.2) is 4.68 Å². The van der Waals surface area contributed by atoms with Crippen molar-refractivity contribution >= 4 is 17.4 Å². The maximum atomic E-state index is 12.7. The van der Waals surface area contributed by atoms with Gasteiger partial charge in [-0.1, -0.05) is 6.92 Å². The third-order valence-corrected chi connectivity index (χ3v) is 3.88. The summed E-state index contributed by atoms with van der Waals surface area (Å²) in [6.45, 7) is 5.35. The monoisotopic (exact) mass is 345 g/mol. The Balaban J connectivity index is 2.32. The van der Waals surface area contributed by atoms with Gasteiger partial charge in [0.1, 0.15) is 5.92 Å². The molecule has 8 nitrogen and oxygen atoms in total. The number of non-ortho nitro benzene ring substituents is 1. The van der Waals surface area contributed by atoms with E-state index in [-0.39, 0.29) is 18.1 Å². The minimum atomic E-state index is -0.867. The zero-order chi connectivity index (χ0) is 18.6. The van der Waals surface area contributed by atoms with E-state index in [2.05, 4.69) is 5.10 Å². The zero-order valence-electron chi connectivity index (χ0n) is 14.3. The van der Waals surface area contributed by atoms with Crippen molar-refractivity contribution in [1.29, 1.82) is 0 Å². The van der Waals surface area contributed by atoms with Gasteiger partial charge >= 0.3 is 5.97 Å². The molecule has 0 N–H and O–H groups in total. The Morgan fingerprint density at radius 3 is 2.44 bits per heavy atom. The van der Waals surface area contributed by atoms with Gasteiger partial charge in [0.2, 0.25) is 0 Å². The molecule has 0 saturated heterocycles. The number of hydrogen-bond donors (Lipinski definition) is 0. The third-order valence-electron chi connectivity index (χ3n) is 3.88. The van der Waals surface area contributed by atoms with Gasteiger partial charge < -0.3 is 4.74 Å². The predicted octanol–water partition coefficient (Wildman–Crippen LogP) is 2.86. The van der Waals surface area contributed by atoms with Gasteiger partial charge in [-0.2, -0.15) is 5.10 Å². The van der Waals surface area contributed by atoms with Gasteiger partial charge in [0, 0.05) is 12.1 Å². The first-order valence-corrected chi connectivity index (χ1v) is 7.91. The van der Waals surface area contributed by atoms with Crippen LogP contribution in [0.25, 0.3) is 5.69 Å². The number of carbonyl (C=O) groups excluding carboxylic acids is 2. The minimum Gasteiger partial charge on any atom is -0.465 e. The van der Waals surface area contributed by atoms with E-state index < -0.39 is 16.8 Å². The van der Waals surface area contributed by atoms with E-state index in [1.807, 2.05) is 0 Å². The number of rotatable bonds is 7. The molecule has 2 rings (SSSR count). The molecule has 1 aromatic heterocycles. The predicted molar refractivity (Wildman–Crippen MR) is 89.7 cm³/mol.